The van der Waals surface area contributed by atoms with E-state index in [1.165, 1.54) is 13.0 Å². The molecule has 2 rings (SSSR count). The number of carbonyl (C=O) groups excluding carboxylic acids is 2. The molecule has 144 valence electrons. The van der Waals surface area contributed by atoms with E-state index in [2.05, 4.69) is 10.6 Å². The summed E-state index contributed by atoms with van der Waals surface area (Å²) in [6.07, 6.45) is -4.45. The summed E-state index contributed by atoms with van der Waals surface area (Å²) in [6, 6.07) is 8.17. The van der Waals surface area contributed by atoms with Gasteiger partial charge in [-0.3, -0.25) is 9.59 Å². The second-order valence-electron chi connectivity index (χ2n) is 6.62. The van der Waals surface area contributed by atoms with Gasteiger partial charge in [-0.15, -0.1) is 0 Å². The topological polar surface area (TPSA) is 58.2 Å². The van der Waals surface area contributed by atoms with Crippen molar-refractivity contribution in [2.45, 2.75) is 33.9 Å². The molecule has 2 N–H and O–H groups in total. The fraction of sp³-hybridized carbons (Fsp3) is 0.300. The van der Waals surface area contributed by atoms with Gasteiger partial charge in [0.05, 0.1) is 16.8 Å². The third-order valence-corrected chi connectivity index (χ3v) is 4.08. The number of rotatable bonds is 4. The molecule has 0 aromatic heterocycles. The maximum absolute atomic E-state index is 12.8. The van der Waals surface area contributed by atoms with Gasteiger partial charge < -0.3 is 10.6 Å². The van der Waals surface area contributed by atoms with Gasteiger partial charge in [0, 0.05) is 11.6 Å². The van der Waals surface area contributed by atoms with E-state index in [1.807, 2.05) is 0 Å². The van der Waals surface area contributed by atoms with E-state index < -0.39 is 17.6 Å². The summed E-state index contributed by atoms with van der Waals surface area (Å²) in [6.45, 7) is 6.68. The minimum Gasteiger partial charge on any atom is -0.325 e. The molecule has 0 radical (unpaired) electrons. The van der Waals surface area contributed by atoms with Crippen LogP contribution in [0.1, 0.15) is 40.9 Å². The molecule has 0 aliphatic carbocycles. The monoisotopic (exact) mass is 378 g/mol. The van der Waals surface area contributed by atoms with Crippen LogP contribution in [0, 0.1) is 19.8 Å². The molecule has 0 aliphatic heterocycles. The van der Waals surface area contributed by atoms with Gasteiger partial charge in [-0.25, -0.2) is 0 Å². The molecular weight excluding hydrogens is 357 g/mol. The molecule has 0 unspecified atom stereocenters. The number of halogens is 3. The van der Waals surface area contributed by atoms with Gasteiger partial charge in [-0.1, -0.05) is 26.0 Å². The van der Waals surface area contributed by atoms with E-state index >= 15 is 0 Å². The molecule has 7 heteroatoms. The van der Waals surface area contributed by atoms with Crippen molar-refractivity contribution in [3.8, 4) is 0 Å². The maximum atomic E-state index is 12.8. The molecule has 2 aromatic rings. The Bertz CT molecular complexity index is 874. The molecule has 0 bridgehead atoms. The van der Waals surface area contributed by atoms with Gasteiger partial charge in [0.15, 0.2) is 0 Å². The number of amides is 2. The Morgan fingerprint density at radius 1 is 0.926 bits per heavy atom. The fourth-order valence-electron chi connectivity index (χ4n) is 2.52. The fourth-order valence-corrected chi connectivity index (χ4v) is 2.52. The van der Waals surface area contributed by atoms with E-state index in [1.54, 1.807) is 39.0 Å². The molecule has 0 saturated heterocycles. The Morgan fingerprint density at radius 2 is 1.59 bits per heavy atom. The van der Waals surface area contributed by atoms with Gasteiger partial charge in [0.25, 0.3) is 5.91 Å². The van der Waals surface area contributed by atoms with E-state index in [0.717, 1.165) is 12.1 Å². The Morgan fingerprint density at radius 3 is 2.15 bits per heavy atom. The number of anilines is 2. The zero-order valence-corrected chi connectivity index (χ0v) is 15.5. The minimum absolute atomic E-state index is 0.236. The van der Waals surface area contributed by atoms with Crippen LogP contribution in [0.5, 0.6) is 0 Å². The first kappa shape index (κ1) is 20.5. The van der Waals surface area contributed by atoms with E-state index in [-0.39, 0.29) is 23.1 Å². The number of alkyl halides is 3. The van der Waals surface area contributed by atoms with Gasteiger partial charge in [0.2, 0.25) is 5.91 Å². The second-order valence-corrected chi connectivity index (χ2v) is 6.62. The Hall–Kier alpha value is -2.83. The first-order valence-corrected chi connectivity index (χ1v) is 8.40. The van der Waals surface area contributed by atoms with Crippen LogP contribution in [0.4, 0.5) is 24.5 Å². The number of benzene rings is 2. The number of nitrogens with one attached hydrogen (secondary N) is 2. The lowest BCUT2D eigenvalue weighted by molar-refractivity contribution is -0.137. The molecule has 27 heavy (non-hydrogen) atoms. The summed E-state index contributed by atoms with van der Waals surface area (Å²) in [5.41, 5.74) is 1.05. The van der Waals surface area contributed by atoms with Crippen molar-refractivity contribution in [2.75, 3.05) is 10.6 Å². The lowest BCUT2D eigenvalue weighted by atomic mass is 10.0. The van der Waals surface area contributed by atoms with Crippen molar-refractivity contribution in [1.29, 1.82) is 0 Å². The number of aryl methyl sites for hydroxylation is 2. The van der Waals surface area contributed by atoms with Crippen molar-refractivity contribution in [1.82, 2.24) is 0 Å². The minimum atomic E-state index is -4.45. The molecule has 0 spiro atoms. The molecular formula is C20H21F3N2O2. The predicted molar refractivity (Wildman–Crippen MR) is 98.8 cm³/mol. The third kappa shape index (κ3) is 4.87. The zero-order valence-electron chi connectivity index (χ0n) is 15.5. The normalized spacial score (nSPS) is 11.4. The summed E-state index contributed by atoms with van der Waals surface area (Å²) < 4.78 is 38.4. The highest BCUT2D eigenvalue weighted by atomic mass is 19.4. The van der Waals surface area contributed by atoms with Crippen LogP contribution in [0.25, 0.3) is 0 Å². The summed E-state index contributed by atoms with van der Waals surface area (Å²) in [5, 5.41) is 5.34. The third-order valence-electron chi connectivity index (χ3n) is 4.08. The lowest BCUT2D eigenvalue weighted by Crippen LogP contribution is -2.22. The summed E-state index contributed by atoms with van der Waals surface area (Å²) in [4.78, 5) is 24.7. The molecule has 2 aromatic carbocycles. The van der Waals surface area contributed by atoms with Crippen LogP contribution >= 0.6 is 0 Å². The van der Waals surface area contributed by atoms with Gasteiger partial charge in [-0.2, -0.15) is 13.2 Å². The average Bonchev–Trinajstić information content (AvgIpc) is 2.55. The number of carbonyl (C=O) groups is 2. The van der Waals surface area contributed by atoms with Crippen molar-refractivity contribution < 1.29 is 22.8 Å². The van der Waals surface area contributed by atoms with Crippen LogP contribution in [0.15, 0.2) is 36.4 Å². The Kier molecular flexibility index (Phi) is 5.93. The predicted octanol–water partition coefficient (Wildman–Crippen LogP) is 5.17. The average molecular weight is 378 g/mol. The molecule has 0 saturated carbocycles. The Labute approximate surface area is 155 Å². The van der Waals surface area contributed by atoms with E-state index in [9.17, 15) is 22.8 Å². The second kappa shape index (κ2) is 7.82. The van der Waals surface area contributed by atoms with Crippen LogP contribution in [-0.4, -0.2) is 11.8 Å². The summed E-state index contributed by atoms with van der Waals surface area (Å²) in [5.74, 6) is -1.01. The molecule has 0 atom stereocenters. The number of hydrogen-bond donors (Lipinski definition) is 2. The summed E-state index contributed by atoms with van der Waals surface area (Å²) in [7, 11) is 0. The van der Waals surface area contributed by atoms with Gasteiger partial charge >= 0.3 is 6.18 Å². The number of hydrogen-bond acceptors (Lipinski definition) is 2. The molecule has 0 fully saturated rings. The van der Waals surface area contributed by atoms with Crippen molar-refractivity contribution in [3.05, 3.63) is 58.7 Å². The van der Waals surface area contributed by atoms with Crippen molar-refractivity contribution >= 4 is 23.2 Å². The quantitative estimate of drug-likeness (QED) is 0.771. The van der Waals surface area contributed by atoms with Crippen LogP contribution < -0.4 is 10.6 Å². The van der Waals surface area contributed by atoms with Gasteiger partial charge in [0.1, 0.15) is 0 Å². The summed E-state index contributed by atoms with van der Waals surface area (Å²) >= 11 is 0. The smallest absolute Gasteiger partial charge is 0.325 e. The SMILES string of the molecule is Cc1cc(C(F)(F)F)ccc1NC(=O)c1c(C)cccc1NC(=O)C(C)C. The largest absolute Gasteiger partial charge is 0.416 e. The highest BCUT2D eigenvalue weighted by Gasteiger charge is 2.30. The first-order valence-electron chi connectivity index (χ1n) is 8.40. The molecule has 0 heterocycles. The lowest BCUT2D eigenvalue weighted by Gasteiger charge is -2.16. The van der Waals surface area contributed by atoms with E-state index in [4.69, 9.17) is 0 Å². The standard InChI is InChI=1S/C20H21F3N2O2/c1-11(2)18(26)25-16-7-5-6-12(3)17(16)19(27)24-15-9-8-14(10-13(15)4)20(21,22)23/h5-11H,1-4H3,(H,24,27)(H,25,26). The first-order chi connectivity index (χ1) is 12.5. The highest BCUT2D eigenvalue weighted by Crippen LogP contribution is 2.32. The molecule has 4 nitrogen and oxygen atoms in total. The molecule has 2 amide bonds. The molecule has 0 aliphatic rings. The zero-order chi connectivity index (χ0) is 20.4. The van der Waals surface area contributed by atoms with Crippen LogP contribution in [-0.2, 0) is 11.0 Å². The highest BCUT2D eigenvalue weighted by molar-refractivity contribution is 6.11. The van der Waals surface area contributed by atoms with Crippen LogP contribution in [0.3, 0.4) is 0 Å². The van der Waals surface area contributed by atoms with E-state index in [0.29, 0.717) is 16.8 Å². The Balaban J connectivity index is 2.32. The van der Waals surface area contributed by atoms with Crippen molar-refractivity contribution in [3.63, 3.8) is 0 Å². The van der Waals surface area contributed by atoms with Gasteiger partial charge in [-0.05, 0) is 49.2 Å². The van der Waals surface area contributed by atoms with Crippen molar-refractivity contribution in [2.24, 2.45) is 5.92 Å². The maximum Gasteiger partial charge on any atom is 0.416 e. The van der Waals surface area contributed by atoms with Crippen LogP contribution in [0.2, 0.25) is 0 Å².